The molecule has 17 heavy (non-hydrogen) atoms. The van der Waals surface area contributed by atoms with Gasteiger partial charge in [0.25, 0.3) is 0 Å². The summed E-state index contributed by atoms with van der Waals surface area (Å²) in [7, 11) is 1.62. The van der Waals surface area contributed by atoms with Crippen LogP contribution in [-0.4, -0.2) is 38.9 Å². The molecule has 102 valence electrons. The first-order valence-electron chi connectivity index (χ1n) is 6.60. The van der Waals surface area contributed by atoms with Gasteiger partial charge in [-0.15, -0.1) is 0 Å². The van der Waals surface area contributed by atoms with Gasteiger partial charge in [0.15, 0.2) is 0 Å². The summed E-state index contributed by atoms with van der Waals surface area (Å²) < 4.78 is 10.0. The molecule has 0 saturated heterocycles. The minimum atomic E-state index is -0.0179. The van der Waals surface area contributed by atoms with Gasteiger partial charge in [0.05, 0.1) is 13.2 Å². The first-order chi connectivity index (χ1) is 8.24. The molecule has 0 aliphatic heterocycles. The second-order valence-electron chi connectivity index (χ2n) is 4.24. The lowest BCUT2D eigenvalue weighted by atomic mass is 10.1. The average Bonchev–Trinajstić information content (AvgIpc) is 2.32. The topological polar surface area (TPSA) is 47.6 Å². The highest BCUT2D eigenvalue weighted by Crippen LogP contribution is 2.06. The predicted octanol–water partition coefficient (Wildman–Crippen LogP) is 2.12. The Hall–Kier alpha value is -0.610. The Morgan fingerprint density at radius 1 is 1.18 bits per heavy atom. The van der Waals surface area contributed by atoms with Crippen LogP contribution < -0.4 is 5.32 Å². The fourth-order valence-corrected chi connectivity index (χ4v) is 1.66. The molecule has 4 heteroatoms. The Morgan fingerprint density at radius 2 is 1.94 bits per heavy atom. The zero-order chi connectivity index (χ0) is 12.9. The highest BCUT2D eigenvalue weighted by atomic mass is 16.5. The van der Waals surface area contributed by atoms with Crippen LogP contribution in [0.4, 0.5) is 0 Å². The smallest absolute Gasteiger partial charge is 0.246 e. The van der Waals surface area contributed by atoms with Crippen LogP contribution in [0.5, 0.6) is 0 Å². The molecular weight excluding hydrogens is 218 g/mol. The van der Waals surface area contributed by atoms with Crippen LogP contribution in [0.15, 0.2) is 0 Å². The van der Waals surface area contributed by atoms with Crippen molar-refractivity contribution in [1.82, 2.24) is 5.32 Å². The number of hydrogen-bond acceptors (Lipinski definition) is 3. The van der Waals surface area contributed by atoms with Crippen molar-refractivity contribution in [2.75, 3.05) is 26.9 Å². The van der Waals surface area contributed by atoms with Crippen molar-refractivity contribution in [1.29, 1.82) is 0 Å². The van der Waals surface area contributed by atoms with Gasteiger partial charge in [-0.3, -0.25) is 4.79 Å². The molecule has 0 rings (SSSR count). The fourth-order valence-electron chi connectivity index (χ4n) is 1.66. The van der Waals surface area contributed by atoms with Gasteiger partial charge in [0.1, 0.15) is 6.61 Å². The first-order valence-corrected chi connectivity index (χ1v) is 6.60. The summed E-state index contributed by atoms with van der Waals surface area (Å²) in [6, 6.07) is 0.304. The van der Waals surface area contributed by atoms with Crippen molar-refractivity contribution in [3.05, 3.63) is 0 Å². The van der Waals surface area contributed by atoms with Crippen molar-refractivity contribution in [3.63, 3.8) is 0 Å². The third-order valence-electron chi connectivity index (χ3n) is 2.57. The average molecular weight is 245 g/mol. The van der Waals surface area contributed by atoms with E-state index in [1.165, 1.54) is 6.42 Å². The molecule has 0 aliphatic rings. The molecule has 1 atom stereocenters. The molecule has 0 aliphatic carbocycles. The lowest BCUT2D eigenvalue weighted by Gasteiger charge is -2.17. The molecule has 0 saturated carbocycles. The maximum atomic E-state index is 11.6. The summed E-state index contributed by atoms with van der Waals surface area (Å²) in [5, 5.41) is 3.02. The van der Waals surface area contributed by atoms with E-state index < -0.39 is 0 Å². The molecule has 0 aromatic carbocycles. The number of ether oxygens (including phenoxy) is 2. The molecule has 0 fully saturated rings. The van der Waals surface area contributed by atoms with Gasteiger partial charge in [-0.25, -0.2) is 0 Å². The number of rotatable bonds is 11. The number of nitrogens with one attached hydrogen (secondary N) is 1. The highest BCUT2D eigenvalue weighted by molar-refractivity contribution is 5.77. The number of carbonyl (C=O) groups is 1. The maximum absolute atomic E-state index is 11.6. The van der Waals surface area contributed by atoms with Crippen LogP contribution in [0.2, 0.25) is 0 Å². The van der Waals surface area contributed by atoms with E-state index in [4.69, 9.17) is 9.47 Å². The number of unbranched alkanes of at least 4 members (excludes halogenated alkanes) is 1. The predicted molar refractivity (Wildman–Crippen MR) is 69.1 cm³/mol. The zero-order valence-electron chi connectivity index (χ0n) is 11.5. The van der Waals surface area contributed by atoms with E-state index in [1.807, 2.05) is 0 Å². The fraction of sp³-hybridized carbons (Fsp3) is 0.923. The Balaban J connectivity index is 3.70. The van der Waals surface area contributed by atoms with Crippen LogP contribution in [0, 0.1) is 0 Å². The Kier molecular flexibility index (Phi) is 11.4. The van der Waals surface area contributed by atoms with Crippen molar-refractivity contribution < 1.29 is 14.3 Å². The number of carbonyl (C=O) groups excluding carboxylic acids is 1. The van der Waals surface area contributed by atoms with Crippen LogP contribution in [-0.2, 0) is 14.3 Å². The molecular formula is C13H27NO3. The third kappa shape index (κ3) is 10.3. The third-order valence-corrected chi connectivity index (χ3v) is 2.57. The molecule has 1 unspecified atom stereocenters. The van der Waals surface area contributed by atoms with E-state index in [2.05, 4.69) is 19.2 Å². The Bertz CT molecular complexity index is 186. The lowest BCUT2D eigenvalue weighted by molar-refractivity contribution is -0.126. The van der Waals surface area contributed by atoms with Gasteiger partial charge in [-0.05, 0) is 12.8 Å². The summed E-state index contributed by atoms with van der Waals surface area (Å²) in [6.45, 7) is 5.44. The van der Waals surface area contributed by atoms with Crippen LogP contribution >= 0.6 is 0 Å². The van der Waals surface area contributed by atoms with Gasteiger partial charge in [0.2, 0.25) is 5.91 Å². The van der Waals surface area contributed by atoms with Crippen molar-refractivity contribution in [3.8, 4) is 0 Å². The SMILES string of the molecule is CCCCC(CCC)NC(=O)COCCOC. The largest absolute Gasteiger partial charge is 0.382 e. The van der Waals surface area contributed by atoms with Gasteiger partial charge >= 0.3 is 0 Å². The minimum Gasteiger partial charge on any atom is -0.382 e. The summed E-state index contributed by atoms with van der Waals surface area (Å²) in [6.07, 6.45) is 5.53. The van der Waals surface area contributed by atoms with E-state index in [0.717, 1.165) is 25.7 Å². The van der Waals surface area contributed by atoms with Gasteiger partial charge < -0.3 is 14.8 Å². The van der Waals surface area contributed by atoms with Crippen molar-refractivity contribution in [2.24, 2.45) is 0 Å². The zero-order valence-corrected chi connectivity index (χ0v) is 11.5. The molecule has 1 amide bonds. The second-order valence-corrected chi connectivity index (χ2v) is 4.24. The Morgan fingerprint density at radius 3 is 2.53 bits per heavy atom. The van der Waals surface area contributed by atoms with E-state index >= 15 is 0 Å². The van der Waals surface area contributed by atoms with Crippen LogP contribution in [0.3, 0.4) is 0 Å². The molecule has 0 radical (unpaired) electrons. The molecule has 0 spiro atoms. The van der Waals surface area contributed by atoms with E-state index in [-0.39, 0.29) is 12.5 Å². The summed E-state index contributed by atoms with van der Waals surface area (Å²) in [5.41, 5.74) is 0. The number of hydrogen-bond donors (Lipinski definition) is 1. The molecule has 0 aromatic rings. The van der Waals surface area contributed by atoms with E-state index in [1.54, 1.807) is 7.11 Å². The molecule has 4 nitrogen and oxygen atoms in total. The molecule has 0 heterocycles. The standard InChI is InChI=1S/C13H27NO3/c1-4-6-8-12(7-5-2)14-13(15)11-17-10-9-16-3/h12H,4-11H2,1-3H3,(H,14,15). The van der Waals surface area contributed by atoms with Gasteiger partial charge in [-0.1, -0.05) is 33.1 Å². The van der Waals surface area contributed by atoms with Crippen LogP contribution in [0.1, 0.15) is 46.0 Å². The lowest BCUT2D eigenvalue weighted by Crippen LogP contribution is -2.37. The minimum absolute atomic E-state index is 0.0179. The van der Waals surface area contributed by atoms with Gasteiger partial charge in [0, 0.05) is 13.2 Å². The maximum Gasteiger partial charge on any atom is 0.246 e. The van der Waals surface area contributed by atoms with E-state index in [9.17, 15) is 4.79 Å². The second kappa shape index (κ2) is 11.9. The van der Waals surface area contributed by atoms with Crippen LogP contribution in [0.25, 0.3) is 0 Å². The van der Waals surface area contributed by atoms with Crippen molar-refractivity contribution in [2.45, 2.75) is 52.0 Å². The quantitative estimate of drug-likeness (QED) is 0.567. The molecule has 0 bridgehead atoms. The summed E-state index contributed by atoms with van der Waals surface area (Å²) in [5.74, 6) is -0.0179. The monoisotopic (exact) mass is 245 g/mol. The van der Waals surface area contributed by atoms with Gasteiger partial charge in [-0.2, -0.15) is 0 Å². The summed E-state index contributed by atoms with van der Waals surface area (Å²) >= 11 is 0. The summed E-state index contributed by atoms with van der Waals surface area (Å²) in [4.78, 5) is 11.6. The van der Waals surface area contributed by atoms with E-state index in [0.29, 0.717) is 19.3 Å². The molecule has 0 aromatic heterocycles. The Labute approximate surface area is 105 Å². The number of amides is 1. The first kappa shape index (κ1) is 16.4. The normalized spacial score (nSPS) is 12.4. The highest BCUT2D eigenvalue weighted by Gasteiger charge is 2.10. The molecule has 1 N–H and O–H groups in total. The van der Waals surface area contributed by atoms with Crippen molar-refractivity contribution >= 4 is 5.91 Å². The number of methoxy groups -OCH3 is 1.